The van der Waals surface area contributed by atoms with Crippen LogP contribution in [0, 0.1) is 11.6 Å². The minimum absolute atomic E-state index is 0.0669. The Morgan fingerprint density at radius 2 is 2.00 bits per heavy atom. The summed E-state index contributed by atoms with van der Waals surface area (Å²) >= 11 is 0. The molecule has 0 radical (unpaired) electrons. The van der Waals surface area contributed by atoms with Crippen molar-refractivity contribution in [2.45, 2.75) is 26.4 Å². The normalized spacial score (nSPS) is 11.1. The van der Waals surface area contributed by atoms with Gasteiger partial charge in [-0.15, -0.1) is 0 Å². The molecule has 0 fully saturated rings. The molecular formula is C12H15F2NO2. The van der Waals surface area contributed by atoms with E-state index in [1.54, 1.807) is 20.8 Å². The van der Waals surface area contributed by atoms with Crippen molar-refractivity contribution in [3.8, 4) is 0 Å². The molecule has 0 atom stereocenters. The van der Waals surface area contributed by atoms with Crippen molar-refractivity contribution in [1.29, 1.82) is 0 Å². The number of hydrogen-bond acceptors (Lipinski definition) is 3. The highest BCUT2D eigenvalue weighted by molar-refractivity contribution is 5.75. The van der Waals surface area contributed by atoms with Crippen LogP contribution in [0.2, 0.25) is 0 Å². The number of ether oxygens (including phenoxy) is 1. The van der Waals surface area contributed by atoms with Gasteiger partial charge in [0.25, 0.3) is 0 Å². The fraction of sp³-hybridized carbons (Fsp3) is 0.417. The van der Waals surface area contributed by atoms with Crippen LogP contribution in [0.5, 0.6) is 0 Å². The van der Waals surface area contributed by atoms with Crippen LogP contribution >= 0.6 is 0 Å². The summed E-state index contributed by atoms with van der Waals surface area (Å²) in [6.07, 6.45) is 0. The maximum atomic E-state index is 13.2. The number of rotatable bonds is 3. The molecule has 0 unspecified atom stereocenters. The van der Waals surface area contributed by atoms with E-state index in [-0.39, 0.29) is 12.2 Å². The Kier molecular flexibility index (Phi) is 4.04. The summed E-state index contributed by atoms with van der Waals surface area (Å²) in [5.74, 6) is -1.90. The average molecular weight is 243 g/mol. The fourth-order valence-corrected chi connectivity index (χ4v) is 1.18. The van der Waals surface area contributed by atoms with Gasteiger partial charge in [0.15, 0.2) is 0 Å². The van der Waals surface area contributed by atoms with Gasteiger partial charge in [0.05, 0.1) is 5.69 Å². The van der Waals surface area contributed by atoms with Gasteiger partial charge in [0.2, 0.25) is 0 Å². The largest absolute Gasteiger partial charge is 0.459 e. The highest BCUT2D eigenvalue weighted by Gasteiger charge is 2.16. The first-order valence-electron chi connectivity index (χ1n) is 5.19. The predicted octanol–water partition coefficient (Wildman–Crippen LogP) is 2.72. The van der Waals surface area contributed by atoms with Gasteiger partial charge in [-0.3, -0.25) is 4.79 Å². The van der Waals surface area contributed by atoms with E-state index in [2.05, 4.69) is 5.32 Å². The molecule has 3 nitrogen and oxygen atoms in total. The van der Waals surface area contributed by atoms with Crippen LogP contribution in [0.1, 0.15) is 20.8 Å². The number of nitrogens with one attached hydrogen (secondary N) is 1. The number of carbonyl (C=O) groups excluding carboxylic acids is 1. The second-order valence-electron chi connectivity index (χ2n) is 4.56. The van der Waals surface area contributed by atoms with Crippen molar-refractivity contribution in [3.63, 3.8) is 0 Å². The molecule has 0 aliphatic carbocycles. The van der Waals surface area contributed by atoms with Crippen LogP contribution in [0.3, 0.4) is 0 Å². The van der Waals surface area contributed by atoms with Crippen LogP contribution in [-0.4, -0.2) is 18.1 Å². The van der Waals surface area contributed by atoms with Gasteiger partial charge in [-0.25, -0.2) is 8.78 Å². The summed E-state index contributed by atoms with van der Waals surface area (Å²) < 4.78 is 30.8. The first-order chi connectivity index (χ1) is 7.78. The SMILES string of the molecule is CC(C)(C)OC(=O)CNc1ccc(F)cc1F. The summed E-state index contributed by atoms with van der Waals surface area (Å²) in [6.45, 7) is 5.05. The van der Waals surface area contributed by atoms with Crippen molar-refractivity contribution < 1.29 is 18.3 Å². The van der Waals surface area contributed by atoms with Crippen LogP contribution < -0.4 is 5.32 Å². The summed E-state index contributed by atoms with van der Waals surface area (Å²) in [5, 5.41) is 2.55. The molecule has 0 heterocycles. The van der Waals surface area contributed by atoms with E-state index in [9.17, 15) is 13.6 Å². The molecule has 0 aliphatic rings. The molecule has 0 aliphatic heterocycles. The summed E-state index contributed by atoms with van der Waals surface area (Å²) in [7, 11) is 0. The zero-order chi connectivity index (χ0) is 13.1. The number of esters is 1. The summed E-state index contributed by atoms with van der Waals surface area (Å²) in [6, 6.07) is 3.09. The Morgan fingerprint density at radius 1 is 1.35 bits per heavy atom. The van der Waals surface area contributed by atoms with E-state index < -0.39 is 23.2 Å². The lowest BCUT2D eigenvalue weighted by atomic mass is 10.2. The first kappa shape index (κ1) is 13.4. The van der Waals surface area contributed by atoms with E-state index in [0.717, 1.165) is 12.1 Å². The molecule has 0 spiro atoms. The van der Waals surface area contributed by atoms with Gasteiger partial charge in [0.1, 0.15) is 23.8 Å². The lowest BCUT2D eigenvalue weighted by molar-refractivity contribution is -0.152. The Labute approximate surface area is 98.8 Å². The summed E-state index contributed by atoms with van der Waals surface area (Å²) in [4.78, 5) is 11.3. The van der Waals surface area contributed by atoms with E-state index in [0.29, 0.717) is 0 Å². The third kappa shape index (κ3) is 4.80. The highest BCUT2D eigenvalue weighted by atomic mass is 19.1. The molecule has 0 amide bonds. The number of anilines is 1. The van der Waals surface area contributed by atoms with Crippen LogP contribution in [-0.2, 0) is 9.53 Å². The predicted molar refractivity (Wildman–Crippen MR) is 60.7 cm³/mol. The van der Waals surface area contributed by atoms with Gasteiger partial charge in [0, 0.05) is 6.07 Å². The number of benzene rings is 1. The van der Waals surface area contributed by atoms with E-state index in [4.69, 9.17) is 4.74 Å². The maximum Gasteiger partial charge on any atom is 0.325 e. The minimum atomic E-state index is -0.742. The molecule has 0 saturated carbocycles. The third-order valence-corrected chi connectivity index (χ3v) is 1.77. The molecule has 1 aromatic rings. The Bertz CT molecular complexity index is 413. The Balaban J connectivity index is 2.53. The Hall–Kier alpha value is -1.65. The topological polar surface area (TPSA) is 38.3 Å². The molecule has 0 saturated heterocycles. The zero-order valence-electron chi connectivity index (χ0n) is 10.0. The second-order valence-corrected chi connectivity index (χ2v) is 4.56. The van der Waals surface area contributed by atoms with E-state index in [1.165, 1.54) is 6.07 Å². The molecule has 94 valence electrons. The highest BCUT2D eigenvalue weighted by Crippen LogP contribution is 2.15. The molecule has 0 aromatic heterocycles. The standard InChI is InChI=1S/C12H15F2NO2/c1-12(2,3)17-11(16)7-15-10-5-4-8(13)6-9(10)14/h4-6,15H,7H2,1-3H3. The van der Waals surface area contributed by atoms with Crippen molar-refractivity contribution >= 4 is 11.7 Å². The monoisotopic (exact) mass is 243 g/mol. The van der Waals surface area contributed by atoms with Crippen molar-refractivity contribution in [1.82, 2.24) is 0 Å². The molecule has 1 aromatic carbocycles. The lowest BCUT2D eigenvalue weighted by Gasteiger charge is -2.19. The van der Waals surface area contributed by atoms with E-state index >= 15 is 0 Å². The molecule has 5 heteroatoms. The van der Waals surface area contributed by atoms with Gasteiger partial charge in [-0.2, -0.15) is 0 Å². The molecular weight excluding hydrogens is 228 g/mol. The molecule has 1 rings (SSSR count). The van der Waals surface area contributed by atoms with Gasteiger partial charge in [-0.05, 0) is 32.9 Å². The van der Waals surface area contributed by atoms with Crippen LogP contribution in [0.4, 0.5) is 14.5 Å². The van der Waals surface area contributed by atoms with Crippen LogP contribution in [0.15, 0.2) is 18.2 Å². The Morgan fingerprint density at radius 3 is 2.53 bits per heavy atom. The maximum absolute atomic E-state index is 13.2. The third-order valence-electron chi connectivity index (χ3n) is 1.77. The van der Waals surface area contributed by atoms with Crippen LogP contribution in [0.25, 0.3) is 0 Å². The van der Waals surface area contributed by atoms with Gasteiger partial charge >= 0.3 is 5.97 Å². The quantitative estimate of drug-likeness (QED) is 0.829. The molecule has 1 N–H and O–H groups in total. The van der Waals surface area contributed by atoms with Crippen molar-refractivity contribution in [3.05, 3.63) is 29.8 Å². The van der Waals surface area contributed by atoms with Gasteiger partial charge in [-0.1, -0.05) is 0 Å². The van der Waals surface area contributed by atoms with Gasteiger partial charge < -0.3 is 10.1 Å². The number of carbonyl (C=O) groups is 1. The lowest BCUT2D eigenvalue weighted by Crippen LogP contribution is -2.28. The van der Waals surface area contributed by atoms with Crippen molar-refractivity contribution in [2.75, 3.05) is 11.9 Å². The van der Waals surface area contributed by atoms with E-state index in [1.807, 2.05) is 0 Å². The zero-order valence-corrected chi connectivity index (χ0v) is 10.0. The molecule has 17 heavy (non-hydrogen) atoms. The second kappa shape index (κ2) is 5.12. The number of halogens is 2. The number of hydrogen-bond donors (Lipinski definition) is 1. The average Bonchev–Trinajstić information content (AvgIpc) is 2.13. The van der Waals surface area contributed by atoms with Crippen molar-refractivity contribution in [2.24, 2.45) is 0 Å². The smallest absolute Gasteiger partial charge is 0.325 e. The summed E-state index contributed by atoms with van der Waals surface area (Å²) in [5.41, 5.74) is -0.516. The fourth-order valence-electron chi connectivity index (χ4n) is 1.18. The molecule has 0 bridgehead atoms. The minimum Gasteiger partial charge on any atom is -0.459 e. The first-order valence-corrected chi connectivity index (χ1v) is 5.19.